The van der Waals surface area contributed by atoms with E-state index in [1.54, 1.807) is 13.2 Å². The first kappa shape index (κ1) is 20.3. The molecule has 1 atom stereocenters. The molecular weight excluding hydrogens is 354 g/mol. The fourth-order valence-corrected chi connectivity index (χ4v) is 3.71. The van der Waals surface area contributed by atoms with Crippen molar-refractivity contribution in [3.8, 4) is 11.5 Å². The van der Waals surface area contributed by atoms with Gasteiger partial charge in [-0.05, 0) is 32.0 Å². The van der Waals surface area contributed by atoms with E-state index in [4.69, 9.17) is 9.47 Å². The van der Waals surface area contributed by atoms with Gasteiger partial charge in [0.05, 0.1) is 7.11 Å². The van der Waals surface area contributed by atoms with E-state index in [1.807, 2.05) is 17.0 Å². The van der Waals surface area contributed by atoms with Gasteiger partial charge in [-0.3, -0.25) is 4.90 Å². The van der Waals surface area contributed by atoms with E-state index >= 15 is 0 Å². The Morgan fingerprint density at radius 1 is 1.11 bits per heavy atom. The number of likely N-dealkylation sites (tertiary alicyclic amines) is 2. The topological polar surface area (TPSA) is 45.2 Å². The molecule has 2 fully saturated rings. The molecule has 2 aliphatic heterocycles. The van der Waals surface area contributed by atoms with Crippen molar-refractivity contribution >= 4 is 0 Å². The number of halogens is 2. The van der Waals surface area contributed by atoms with Gasteiger partial charge in [0.1, 0.15) is 24.2 Å². The van der Waals surface area contributed by atoms with Crippen LogP contribution in [0.1, 0.15) is 31.2 Å². The maximum absolute atomic E-state index is 13.4. The lowest BCUT2D eigenvalue weighted by molar-refractivity contribution is -0.0567. The van der Waals surface area contributed by atoms with E-state index < -0.39 is 12.0 Å². The molecule has 2 saturated heterocycles. The van der Waals surface area contributed by atoms with Gasteiger partial charge in [0.25, 0.3) is 5.92 Å². The average Bonchev–Trinajstić information content (AvgIpc) is 3.15. The predicted molar refractivity (Wildman–Crippen MR) is 99.6 cm³/mol. The molecule has 0 saturated carbocycles. The number of alkyl halides is 2. The van der Waals surface area contributed by atoms with Crippen LogP contribution in [0.15, 0.2) is 18.2 Å². The van der Waals surface area contributed by atoms with Crippen LogP contribution in [0.5, 0.6) is 11.5 Å². The predicted octanol–water partition coefficient (Wildman–Crippen LogP) is 2.76. The first-order valence-electron chi connectivity index (χ1n) is 9.75. The van der Waals surface area contributed by atoms with Gasteiger partial charge in [0, 0.05) is 50.7 Å². The van der Waals surface area contributed by atoms with Crippen LogP contribution in [-0.4, -0.2) is 73.4 Å². The number of benzene rings is 1. The van der Waals surface area contributed by atoms with Crippen LogP contribution in [0.3, 0.4) is 0 Å². The molecule has 152 valence electrons. The SMILES string of the molecule is COc1ccc(CN2CCC(F)(F)CC2)c(OC[C@H](O)CN2CCCC2)c1. The van der Waals surface area contributed by atoms with E-state index in [-0.39, 0.29) is 19.4 Å². The highest BCUT2D eigenvalue weighted by Gasteiger charge is 2.34. The normalized spacial score (nSPS) is 21.9. The van der Waals surface area contributed by atoms with E-state index in [0.29, 0.717) is 37.7 Å². The molecule has 3 rings (SSSR count). The van der Waals surface area contributed by atoms with E-state index in [9.17, 15) is 13.9 Å². The number of piperidine rings is 1. The van der Waals surface area contributed by atoms with Crippen molar-refractivity contribution < 1.29 is 23.4 Å². The number of hydrogen-bond acceptors (Lipinski definition) is 5. The first-order valence-corrected chi connectivity index (χ1v) is 9.75. The third kappa shape index (κ3) is 6.02. The van der Waals surface area contributed by atoms with Gasteiger partial charge >= 0.3 is 0 Å². The summed E-state index contributed by atoms with van der Waals surface area (Å²) in [7, 11) is 1.59. The molecule has 1 aromatic carbocycles. The molecule has 0 aliphatic carbocycles. The third-order valence-electron chi connectivity index (χ3n) is 5.35. The summed E-state index contributed by atoms with van der Waals surface area (Å²) in [5, 5.41) is 10.3. The van der Waals surface area contributed by atoms with Gasteiger partial charge in [0.2, 0.25) is 0 Å². The van der Waals surface area contributed by atoms with Gasteiger partial charge in [0.15, 0.2) is 0 Å². The van der Waals surface area contributed by atoms with E-state index in [1.165, 1.54) is 12.8 Å². The Labute approximate surface area is 159 Å². The molecule has 0 amide bonds. The summed E-state index contributed by atoms with van der Waals surface area (Å²) in [6.07, 6.45) is 1.60. The summed E-state index contributed by atoms with van der Waals surface area (Å²) in [5.41, 5.74) is 0.925. The van der Waals surface area contributed by atoms with Crippen molar-refractivity contribution in [3.05, 3.63) is 23.8 Å². The number of aliphatic hydroxyl groups is 1. The van der Waals surface area contributed by atoms with Gasteiger partial charge in [-0.1, -0.05) is 6.07 Å². The largest absolute Gasteiger partial charge is 0.497 e. The van der Waals surface area contributed by atoms with Crippen LogP contribution in [-0.2, 0) is 6.54 Å². The molecule has 1 N–H and O–H groups in total. The molecule has 0 radical (unpaired) electrons. The second-order valence-corrected chi connectivity index (χ2v) is 7.58. The Balaban J connectivity index is 1.58. The molecule has 0 spiro atoms. The van der Waals surface area contributed by atoms with Crippen LogP contribution in [0.4, 0.5) is 8.78 Å². The van der Waals surface area contributed by atoms with Crippen LogP contribution >= 0.6 is 0 Å². The second-order valence-electron chi connectivity index (χ2n) is 7.58. The highest BCUT2D eigenvalue weighted by atomic mass is 19.3. The lowest BCUT2D eigenvalue weighted by atomic mass is 10.1. The smallest absolute Gasteiger partial charge is 0.250 e. The van der Waals surface area contributed by atoms with Crippen molar-refractivity contribution in [2.75, 3.05) is 46.4 Å². The van der Waals surface area contributed by atoms with Crippen LogP contribution in [0, 0.1) is 0 Å². The number of ether oxygens (including phenoxy) is 2. The summed E-state index contributed by atoms with van der Waals surface area (Å²) in [4.78, 5) is 4.27. The molecule has 0 aromatic heterocycles. The van der Waals surface area contributed by atoms with E-state index in [0.717, 1.165) is 18.7 Å². The van der Waals surface area contributed by atoms with Crippen molar-refractivity contribution in [2.45, 2.75) is 44.3 Å². The Hall–Kier alpha value is -1.44. The monoisotopic (exact) mass is 384 g/mol. The van der Waals surface area contributed by atoms with Crippen molar-refractivity contribution in [3.63, 3.8) is 0 Å². The number of β-amino-alcohol motifs (C(OH)–C–C–N with tert-alkyl or cyclic N) is 1. The van der Waals surface area contributed by atoms with Crippen molar-refractivity contribution in [2.24, 2.45) is 0 Å². The lowest BCUT2D eigenvalue weighted by Gasteiger charge is -2.32. The Morgan fingerprint density at radius 3 is 2.48 bits per heavy atom. The fourth-order valence-electron chi connectivity index (χ4n) is 3.71. The van der Waals surface area contributed by atoms with Crippen LogP contribution in [0.25, 0.3) is 0 Å². The molecular formula is C20H30F2N2O3. The minimum atomic E-state index is -2.55. The Morgan fingerprint density at radius 2 is 1.81 bits per heavy atom. The maximum Gasteiger partial charge on any atom is 0.250 e. The minimum Gasteiger partial charge on any atom is -0.497 e. The Kier molecular flexibility index (Phi) is 6.89. The summed E-state index contributed by atoms with van der Waals surface area (Å²) >= 11 is 0. The zero-order valence-corrected chi connectivity index (χ0v) is 16.0. The zero-order valence-electron chi connectivity index (χ0n) is 16.0. The quantitative estimate of drug-likeness (QED) is 0.747. The number of aliphatic hydroxyl groups excluding tert-OH is 1. The van der Waals surface area contributed by atoms with Gasteiger partial charge in [-0.2, -0.15) is 0 Å². The van der Waals surface area contributed by atoms with E-state index in [2.05, 4.69) is 4.90 Å². The number of rotatable bonds is 8. The molecule has 7 heteroatoms. The lowest BCUT2D eigenvalue weighted by Crippen LogP contribution is -2.39. The molecule has 27 heavy (non-hydrogen) atoms. The molecule has 1 aromatic rings. The average molecular weight is 384 g/mol. The summed E-state index contributed by atoms with van der Waals surface area (Å²) in [5.74, 6) is -1.23. The summed E-state index contributed by atoms with van der Waals surface area (Å²) in [6, 6.07) is 5.56. The summed E-state index contributed by atoms with van der Waals surface area (Å²) < 4.78 is 37.9. The van der Waals surface area contributed by atoms with Crippen LogP contribution < -0.4 is 9.47 Å². The first-order chi connectivity index (χ1) is 12.9. The number of methoxy groups -OCH3 is 1. The Bertz CT molecular complexity index is 599. The third-order valence-corrected chi connectivity index (χ3v) is 5.35. The standard InChI is InChI=1S/C20H30F2N2O3/c1-26-18-5-4-16(13-24-10-6-20(21,22)7-11-24)19(12-18)27-15-17(25)14-23-8-2-3-9-23/h4-5,12,17,25H,2-3,6-11,13-15H2,1H3/t17-/m1/s1. The van der Waals surface area contributed by atoms with Crippen molar-refractivity contribution in [1.82, 2.24) is 9.80 Å². The van der Waals surface area contributed by atoms with Crippen LogP contribution in [0.2, 0.25) is 0 Å². The van der Waals surface area contributed by atoms with Gasteiger partial charge in [-0.25, -0.2) is 8.78 Å². The molecule has 0 unspecified atom stereocenters. The number of nitrogens with zero attached hydrogens (tertiary/aromatic N) is 2. The number of hydrogen-bond donors (Lipinski definition) is 1. The van der Waals surface area contributed by atoms with Gasteiger partial charge < -0.3 is 19.5 Å². The zero-order chi connectivity index (χ0) is 19.3. The molecule has 2 aliphatic rings. The maximum atomic E-state index is 13.4. The van der Waals surface area contributed by atoms with Crippen molar-refractivity contribution in [1.29, 1.82) is 0 Å². The summed E-state index contributed by atoms with van der Waals surface area (Å²) in [6.45, 7) is 4.17. The van der Waals surface area contributed by atoms with Gasteiger partial charge in [-0.15, -0.1) is 0 Å². The second kappa shape index (κ2) is 9.17. The highest BCUT2D eigenvalue weighted by molar-refractivity contribution is 5.40. The molecule has 2 heterocycles. The fraction of sp³-hybridized carbons (Fsp3) is 0.700. The molecule has 0 bridgehead atoms. The highest BCUT2D eigenvalue weighted by Crippen LogP contribution is 2.31. The molecule has 5 nitrogen and oxygen atoms in total. The minimum absolute atomic E-state index is 0.103.